The Morgan fingerprint density at radius 2 is 2.16 bits per heavy atom. The fourth-order valence-corrected chi connectivity index (χ4v) is 2.16. The maximum absolute atomic E-state index is 12.9. The molecule has 0 fully saturated rings. The first-order valence-corrected chi connectivity index (χ1v) is 7.57. The van der Waals surface area contributed by atoms with Crippen LogP contribution in [0, 0.1) is 5.82 Å². The van der Waals surface area contributed by atoms with Gasteiger partial charge in [0, 0.05) is 25.3 Å². The van der Waals surface area contributed by atoms with E-state index in [9.17, 15) is 9.18 Å². The Labute approximate surface area is 142 Å². The molecule has 0 saturated heterocycles. The van der Waals surface area contributed by atoms with E-state index in [1.807, 2.05) is 0 Å². The van der Waals surface area contributed by atoms with Gasteiger partial charge in [-0.25, -0.2) is 4.39 Å². The molecule has 0 aliphatic carbocycles. The molecular formula is C16H16FN5O3. The molecule has 0 aliphatic heterocycles. The van der Waals surface area contributed by atoms with Crippen LogP contribution in [0.2, 0.25) is 0 Å². The number of halogens is 1. The van der Waals surface area contributed by atoms with Gasteiger partial charge in [-0.15, -0.1) is 5.10 Å². The second-order valence-electron chi connectivity index (χ2n) is 5.29. The maximum atomic E-state index is 12.9. The molecule has 3 rings (SSSR count). The van der Waals surface area contributed by atoms with E-state index in [4.69, 9.17) is 9.26 Å². The molecule has 0 aliphatic rings. The highest BCUT2D eigenvalue weighted by Crippen LogP contribution is 2.13. The van der Waals surface area contributed by atoms with Crippen molar-refractivity contribution in [1.82, 2.24) is 20.3 Å². The fraction of sp³-hybridized carbons (Fsp3) is 0.250. The summed E-state index contributed by atoms with van der Waals surface area (Å²) in [6.07, 6.45) is 1.04. The minimum Gasteiger partial charge on any atom is -0.479 e. The van der Waals surface area contributed by atoms with Crippen molar-refractivity contribution in [2.45, 2.75) is 19.3 Å². The van der Waals surface area contributed by atoms with Crippen molar-refractivity contribution in [3.63, 3.8) is 0 Å². The molecule has 8 nitrogen and oxygen atoms in total. The van der Waals surface area contributed by atoms with Crippen molar-refractivity contribution >= 4 is 11.9 Å². The number of carbonyl (C=O) groups is 1. The van der Waals surface area contributed by atoms with Crippen LogP contribution in [-0.2, 0) is 17.6 Å². The molecule has 0 spiro atoms. The number of carbonyl (C=O) groups excluding carboxylic acids is 1. The monoisotopic (exact) mass is 345 g/mol. The standard InChI is InChI=1S/C16H16FN5O3/c1-24-15-9-12(25-22-15)6-7-14(23)19-16-18-13(20-21-16)8-10-2-4-11(17)5-3-10/h2-5,9H,6-8H2,1H3,(H2,18,19,20,21,23). The molecule has 1 amide bonds. The Morgan fingerprint density at radius 3 is 2.88 bits per heavy atom. The minimum absolute atomic E-state index is 0.192. The quantitative estimate of drug-likeness (QED) is 0.679. The lowest BCUT2D eigenvalue weighted by atomic mass is 10.1. The van der Waals surface area contributed by atoms with Crippen molar-refractivity contribution in [2.24, 2.45) is 0 Å². The van der Waals surface area contributed by atoms with Gasteiger partial charge >= 0.3 is 0 Å². The fourth-order valence-electron chi connectivity index (χ4n) is 2.16. The lowest BCUT2D eigenvalue weighted by Gasteiger charge is -1.99. The van der Waals surface area contributed by atoms with Crippen molar-refractivity contribution < 1.29 is 18.4 Å². The molecule has 1 aromatic carbocycles. The summed E-state index contributed by atoms with van der Waals surface area (Å²) in [7, 11) is 1.49. The van der Waals surface area contributed by atoms with Gasteiger partial charge in [0.2, 0.25) is 11.9 Å². The number of hydrogen-bond donors (Lipinski definition) is 2. The number of aromatic amines is 1. The highest BCUT2D eigenvalue weighted by atomic mass is 19.1. The third kappa shape index (κ3) is 4.63. The Kier molecular flexibility index (Phi) is 5.03. The molecule has 130 valence electrons. The summed E-state index contributed by atoms with van der Waals surface area (Å²) in [5.41, 5.74) is 0.884. The Hall–Kier alpha value is -3.23. The van der Waals surface area contributed by atoms with E-state index in [2.05, 4.69) is 25.7 Å². The molecule has 2 N–H and O–H groups in total. The van der Waals surface area contributed by atoms with E-state index in [1.165, 1.54) is 19.2 Å². The van der Waals surface area contributed by atoms with Crippen molar-refractivity contribution in [3.8, 4) is 5.88 Å². The van der Waals surface area contributed by atoms with E-state index in [1.54, 1.807) is 18.2 Å². The number of benzene rings is 1. The van der Waals surface area contributed by atoms with Crippen LogP contribution in [0.15, 0.2) is 34.9 Å². The van der Waals surface area contributed by atoms with Gasteiger partial charge in [0.05, 0.1) is 7.11 Å². The van der Waals surface area contributed by atoms with Crippen LogP contribution in [0.5, 0.6) is 5.88 Å². The number of H-pyrrole nitrogens is 1. The predicted molar refractivity (Wildman–Crippen MR) is 85.6 cm³/mol. The van der Waals surface area contributed by atoms with Crippen LogP contribution in [-0.4, -0.2) is 33.4 Å². The molecule has 2 heterocycles. The molecule has 0 saturated carbocycles. The SMILES string of the molecule is COc1cc(CCC(=O)Nc2n[nH]c(Cc3ccc(F)cc3)n2)on1. The number of methoxy groups -OCH3 is 1. The molecular weight excluding hydrogens is 329 g/mol. The maximum Gasteiger partial charge on any atom is 0.254 e. The number of ether oxygens (including phenoxy) is 1. The Balaban J connectivity index is 1.50. The highest BCUT2D eigenvalue weighted by Gasteiger charge is 2.11. The van der Waals surface area contributed by atoms with Gasteiger partial charge < -0.3 is 9.26 Å². The summed E-state index contributed by atoms with van der Waals surface area (Å²) in [6.45, 7) is 0. The van der Waals surface area contributed by atoms with E-state index < -0.39 is 0 Å². The summed E-state index contributed by atoms with van der Waals surface area (Å²) in [5, 5.41) is 13.0. The Bertz CT molecular complexity index is 844. The number of hydrogen-bond acceptors (Lipinski definition) is 6. The van der Waals surface area contributed by atoms with E-state index >= 15 is 0 Å². The lowest BCUT2D eigenvalue weighted by molar-refractivity contribution is -0.116. The Morgan fingerprint density at radius 1 is 1.36 bits per heavy atom. The largest absolute Gasteiger partial charge is 0.479 e. The van der Waals surface area contributed by atoms with Crippen molar-refractivity contribution in [1.29, 1.82) is 0 Å². The van der Waals surface area contributed by atoms with Crippen LogP contribution < -0.4 is 10.1 Å². The third-order valence-electron chi connectivity index (χ3n) is 3.41. The molecule has 2 aromatic heterocycles. The van der Waals surface area contributed by atoms with E-state index in [0.717, 1.165) is 5.56 Å². The third-order valence-corrected chi connectivity index (χ3v) is 3.41. The molecule has 0 radical (unpaired) electrons. The zero-order valence-electron chi connectivity index (χ0n) is 13.5. The summed E-state index contributed by atoms with van der Waals surface area (Å²) in [4.78, 5) is 16.1. The van der Waals surface area contributed by atoms with Crippen molar-refractivity contribution in [3.05, 3.63) is 53.3 Å². The van der Waals surface area contributed by atoms with Gasteiger partial charge in [-0.2, -0.15) is 4.98 Å². The van der Waals surface area contributed by atoms with Crippen LogP contribution in [0.4, 0.5) is 10.3 Å². The summed E-state index contributed by atoms with van der Waals surface area (Å²) in [6, 6.07) is 7.73. The van der Waals surface area contributed by atoms with E-state index in [-0.39, 0.29) is 24.1 Å². The van der Waals surface area contributed by atoms with Crippen LogP contribution in [0.1, 0.15) is 23.6 Å². The average Bonchev–Trinajstić information content (AvgIpc) is 3.24. The smallest absolute Gasteiger partial charge is 0.254 e. The second-order valence-corrected chi connectivity index (χ2v) is 5.29. The van der Waals surface area contributed by atoms with Gasteiger partial charge in [0.25, 0.3) is 5.88 Å². The van der Waals surface area contributed by atoms with Gasteiger partial charge in [0.15, 0.2) is 0 Å². The van der Waals surface area contributed by atoms with Gasteiger partial charge in [-0.05, 0) is 22.9 Å². The zero-order valence-corrected chi connectivity index (χ0v) is 13.5. The summed E-state index contributed by atoms with van der Waals surface area (Å²) in [5.74, 6) is 1.15. The predicted octanol–water partition coefficient (Wildman–Crippen LogP) is 2.10. The van der Waals surface area contributed by atoms with Gasteiger partial charge in [-0.3, -0.25) is 15.2 Å². The number of aryl methyl sites for hydroxylation is 1. The summed E-state index contributed by atoms with van der Waals surface area (Å²) < 4.78 is 22.8. The molecule has 3 aromatic rings. The van der Waals surface area contributed by atoms with Crippen LogP contribution in [0.3, 0.4) is 0 Å². The molecule has 25 heavy (non-hydrogen) atoms. The van der Waals surface area contributed by atoms with Crippen molar-refractivity contribution in [2.75, 3.05) is 12.4 Å². The average molecular weight is 345 g/mol. The number of aromatic nitrogens is 4. The second kappa shape index (κ2) is 7.56. The first kappa shape index (κ1) is 16.6. The van der Waals surface area contributed by atoms with Gasteiger partial charge in [-0.1, -0.05) is 12.1 Å². The number of nitrogens with zero attached hydrogens (tertiary/aromatic N) is 3. The van der Waals surface area contributed by atoms with Gasteiger partial charge in [0.1, 0.15) is 17.4 Å². The first-order chi connectivity index (χ1) is 12.1. The normalized spacial score (nSPS) is 10.6. The minimum atomic E-state index is -0.293. The zero-order chi connectivity index (χ0) is 17.6. The van der Waals surface area contributed by atoms with Crippen LogP contribution >= 0.6 is 0 Å². The first-order valence-electron chi connectivity index (χ1n) is 7.57. The van der Waals surface area contributed by atoms with Crippen LogP contribution in [0.25, 0.3) is 0 Å². The molecule has 0 bridgehead atoms. The highest BCUT2D eigenvalue weighted by molar-refractivity contribution is 5.88. The van der Waals surface area contributed by atoms with E-state index in [0.29, 0.717) is 30.3 Å². The molecule has 9 heteroatoms. The number of anilines is 1. The number of amides is 1. The molecule has 0 unspecified atom stereocenters. The molecule has 0 atom stereocenters. The number of rotatable bonds is 7. The topological polar surface area (TPSA) is 106 Å². The number of nitrogens with one attached hydrogen (secondary N) is 2. The lowest BCUT2D eigenvalue weighted by Crippen LogP contribution is -2.13. The summed E-state index contributed by atoms with van der Waals surface area (Å²) >= 11 is 0.